The summed E-state index contributed by atoms with van der Waals surface area (Å²) in [7, 11) is 0. The maximum absolute atomic E-state index is 11.6. The van der Waals surface area contributed by atoms with Crippen molar-refractivity contribution < 1.29 is 4.92 Å². The second-order valence-corrected chi connectivity index (χ2v) is 5.52. The molecule has 0 saturated heterocycles. The van der Waals surface area contributed by atoms with Crippen molar-refractivity contribution in [1.29, 1.82) is 0 Å². The van der Waals surface area contributed by atoms with Gasteiger partial charge in [0.25, 0.3) is 0 Å². The van der Waals surface area contributed by atoms with E-state index in [2.05, 4.69) is 25.6 Å². The summed E-state index contributed by atoms with van der Waals surface area (Å²) >= 11 is 0. The number of anilines is 4. The van der Waals surface area contributed by atoms with Gasteiger partial charge in [-0.2, -0.15) is 0 Å². The summed E-state index contributed by atoms with van der Waals surface area (Å²) in [6.45, 7) is 3.92. The number of pyridine rings is 1. The molecule has 0 fully saturated rings. The third kappa shape index (κ3) is 3.86. The van der Waals surface area contributed by atoms with Gasteiger partial charge in [0.15, 0.2) is 0 Å². The molecule has 0 unspecified atom stereocenters. The SMILES string of the molecule is Cc1cc(C)cc(Nc2ncnc(Nc3ccccn3)c2[N+](=O)[O-])c1. The lowest BCUT2D eigenvalue weighted by atomic mass is 10.1. The molecule has 0 atom stereocenters. The van der Waals surface area contributed by atoms with Crippen LogP contribution < -0.4 is 10.6 Å². The van der Waals surface area contributed by atoms with Crippen molar-refractivity contribution in [2.24, 2.45) is 0 Å². The van der Waals surface area contributed by atoms with E-state index in [1.54, 1.807) is 24.4 Å². The second-order valence-electron chi connectivity index (χ2n) is 5.52. The van der Waals surface area contributed by atoms with Crippen molar-refractivity contribution in [3.8, 4) is 0 Å². The monoisotopic (exact) mass is 336 g/mol. The quantitative estimate of drug-likeness (QED) is 0.538. The molecule has 2 N–H and O–H groups in total. The van der Waals surface area contributed by atoms with Gasteiger partial charge in [0.1, 0.15) is 12.1 Å². The standard InChI is InChI=1S/C17H16N6O2/c1-11-7-12(2)9-13(8-11)21-16-15(23(24)25)17(20-10-19-16)22-14-5-3-4-6-18-14/h3-10H,1-2H3,(H2,18,19,20,21,22). The molecule has 2 heterocycles. The zero-order valence-corrected chi connectivity index (χ0v) is 13.7. The molecule has 3 rings (SSSR count). The van der Waals surface area contributed by atoms with E-state index in [-0.39, 0.29) is 17.3 Å². The third-order valence-electron chi connectivity index (χ3n) is 3.40. The molecule has 126 valence electrons. The van der Waals surface area contributed by atoms with Gasteiger partial charge in [-0.1, -0.05) is 12.1 Å². The number of rotatable bonds is 5. The predicted molar refractivity (Wildman–Crippen MR) is 95.4 cm³/mol. The first-order valence-electron chi connectivity index (χ1n) is 7.55. The van der Waals surface area contributed by atoms with Gasteiger partial charge in [-0.25, -0.2) is 15.0 Å². The van der Waals surface area contributed by atoms with Crippen LogP contribution in [0.4, 0.5) is 28.8 Å². The number of aromatic nitrogens is 3. The predicted octanol–water partition coefficient (Wildman–Crippen LogP) is 3.88. The van der Waals surface area contributed by atoms with Gasteiger partial charge in [0.05, 0.1) is 4.92 Å². The molecule has 0 aliphatic carbocycles. The summed E-state index contributed by atoms with van der Waals surface area (Å²) in [5.74, 6) is 0.649. The number of hydrogen-bond donors (Lipinski definition) is 2. The molecule has 0 saturated carbocycles. The normalized spacial score (nSPS) is 10.3. The van der Waals surface area contributed by atoms with Crippen LogP contribution in [0.25, 0.3) is 0 Å². The molecule has 0 aliphatic rings. The van der Waals surface area contributed by atoms with Gasteiger partial charge in [-0.3, -0.25) is 10.1 Å². The highest BCUT2D eigenvalue weighted by Crippen LogP contribution is 2.32. The van der Waals surface area contributed by atoms with Crippen molar-refractivity contribution >= 4 is 28.8 Å². The summed E-state index contributed by atoms with van der Waals surface area (Å²) < 4.78 is 0. The zero-order chi connectivity index (χ0) is 17.8. The smallest absolute Gasteiger partial charge is 0.334 e. The lowest BCUT2D eigenvalue weighted by Crippen LogP contribution is -2.06. The lowest BCUT2D eigenvalue weighted by Gasteiger charge is -2.10. The fourth-order valence-corrected chi connectivity index (χ4v) is 2.48. The highest BCUT2D eigenvalue weighted by atomic mass is 16.6. The fourth-order valence-electron chi connectivity index (χ4n) is 2.48. The maximum atomic E-state index is 11.6. The molecule has 0 aliphatic heterocycles. The average Bonchev–Trinajstić information content (AvgIpc) is 2.54. The first-order valence-corrected chi connectivity index (χ1v) is 7.55. The van der Waals surface area contributed by atoms with Crippen molar-refractivity contribution in [1.82, 2.24) is 15.0 Å². The van der Waals surface area contributed by atoms with Gasteiger partial charge in [0.2, 0.25) is 11.6 Å². The van der Waals surface area contributed by atoms with Crippen LogP contribution in [-0.4, -0.2) is 19.9 Å². The summed E-state index contributed by atoms with van der Waals surface area (Å²) in [4.78, 5) is 23.2. The van der Waals surface area contributed by atoms with E-state index >= 15 is 0 Å². The molecule has 0 bridgehead atoms. The van der Waals surface area contributed by atoms with Crippen molar-refractivity contribution in [2.45, 2.75) is 13.8 Å². The Kier molecular flexibility index (Phi) is 4.51. The van der Waals surface area contributed by atoms with Crippen molar-refractivity contribution in [3.63, 3.8) is 0 Å². The minimum absolute atomic E-state index is 0.0746. The highest BCUT2D eigenvalue weighted by Gasteiger charge is 2.23. The van der Waals surface area contributed by atoms with E-state index in [1.807, 2.05) is 32.0 Å². The molecule has 1 aromatic carbocycles. The molecular formula is C17H16N6O2. The topological polar surface area (TPSA) is 106 Å². The number of nitrogens with one attached hydrogen (secondary N) is 2. The van der Waals surface area contributed by atoms with E-state index in [0.29, 0.717) is 5.82 Å². The summed E-state index contributed by atoms with van der Waals surface area (Å²) in [5, 5.41) is 17.4. The molecule has 3 aromatic rings. The molecule has 2 aromatic heterocycles. The van der Waals surface area contributed by atoms with Crippen LogP contribution in [0, 0.1) is 24.0 Å². The Morgan fingerprint density at radius 2 is 1.64 bits per heavy atom. The Labute approximate surface area is 144 Å². The van der Waals surface area contributed by atoms with E-state index in [4.69, 9.17) is 0 Å². The highest BCUT2D eigenvalue weighted by molar-refractivity contribution is 5.76. The zero-order valence-electron chi connectivity index (χ0n) is 13.7. The minimum Gasteiger partial charge on any atom is -0.334 e. The average molecular weight is 336 g/mol. The largest absolute Gasteiger partial charge is 0.353 e. The molecular weight excluding hydrogens is 320 g/mol. The Hall–Kier alpha value is -3.55. The van der Waals surface area contributed by atoms with Crippen LogP contribution in [0.1, 0.15) is 11.1 Å². The van der Waals surface area contributed by atoms with Crippen LogP contribution in [0.15, 0.2) is 48.9 Å². The number of nitro groups is 1. The fraction of sp³-hybridized carbons (Fsp3) is 0.118. The van der Waals surface area contributed by atoms with Crippen LogP contribution >= 0.6 is 0 Å². The first kappa shape index (κ1) is 16.3. The van der Waals surface area contributed by atoms with E-state index in [9.17, 15) is 10.1 Å². The lowest BCUT2D eigenvalue weighted by molar-refractivity contribution is -0.383. The maximum Gasteiger partial charge on any atom is 0.353 e. The van der Waals surface area contributed by atoms with Crippen molar-refractivity contribution in [3.05, 3.63) is 70.2 Å². The summed E-state index contributed by atoms with van der Waals surface area (Å²) in [6.07, 6.45) is 2.85. The molecule has 8 nitrogen and oxygen atoms in total. The Morgan fingerprint density at radius 1 is 0.960 bits per heavy atom. The second kappa shape index (κ2) is 6.91. The van der Waals surface area contributed by atoms with Crippen LogP contribution in [0.5, 0.6) is 0 Å². The summed E-state index contributed by atoms with van der Waals surface area (Å²) in [5.41, 5.74) is 2.58. The third-order valence-corrected chi connectivity index (χ3v) is 3.40. The van der Waals surface area contributed by atoms with Crippen LogP contribution in [-0.2, 0) is 0 Å². The number of benzene rings is 1. The minimum atomic E-state index is -0.518. The van der Waals surface area contributed by atoms with Crippen LogP contribution in [0.3, 0.4) is 0 Å². The number of aryl methyl sites for hydroxylation is 2. The van der Waals surface area contributed by atoms with E-state index < -0.39 is 4.92 Å². The number of nitrogens with zero attached hydrogens (tertiary/aromatic N) is 4. The molecule has 8 heteroatoms. The van der Waals surface area contributed by atoms with Gasteiger partial charge in [-0.05, 0) is 49.2 Å². The molecule has 0 radical (unpaired) electrons. The van der Waals surface area contributed by atoms with Crippen molar-refractivity contribution in [2.75, 3.05) is 10.6 Å². The Morgan fingerprint density at radius 3 is 2.24 bits per heavy atom. The van der Waals surface area contributed by atoms with Gasteiger partial charge in [0, 0.05) is 11.9 Å². The molecule has 0 spiro atoms. The van der Waals surface area contributed by atoms with Crippen LogP contribution in [0.2, 0.25) is 0 Å². The Balaban J connectivity index is 1.99. The van der Waals surface area contributed by atoms with Gasteiger partial charge >= 0.3 is 5.69 Å². The number of hydrogen-bond acceptors (Lipinski definition) is 7. The summed E-state index contributed by atoms with van der Waals surface area (Å²) in [6, 6.07) is 11.0. The van der Waals surface area contributed by atoms with E-state index in [0.717, 1.165) is 16.8 Å². The Bertz CT molecular complexity index is 894. The molecule has 25 heavy (non-hydrogen) atoms. The molecule has 0 amide bonds. The first-order chi connectivity index (χ1) is 12.0. The van der Waals surface area contributed by atoms with E-state index in [1.165, 1.54) is 6.33 Å². The van der Waals surface area contributed by atoms with Gasteiger partial charge in [-0.15, -0.1) is 0 Å². The van der Waals surface area contributed by atoms with Gasteiger partial charge < -0.3 is 10.6 Å².